The Hall–Kier alpha value is -0.0200. The van der Waals surface area contributed by atoms with Gasteiger partial charge in [0.1, 0.15) is 5.75 Å². The third-order valence-corrected chi connectivity index (χ3v) is 4.67. The molecule has 1 aliphatic carbocycles. The number of benzene rings is 1. The topological polar surface area (TPSA) is 9.23 Å². The van der Waals surface area contributed by atoms with E-state index >= 15 is 0 Å². The van der Waals surface area contributed by atoms with Crippen molar-refractivity contribution in [2.24, 2.45) is 5.92 Å². The molecule has 3 heteroatoms. The molecule has 16 heavy (non-hydrogen) atoms. The zero-order valence-electron chi connectivity index (χ0n) is 9.38. The van der Waals surface area contributed by atoms with E-state index in [4.69, 9.17) is 4.74 Å². The highest BCUT2D eigenvalue weighted by molar-refractivity contribution is 9.10. The van der Waals surface area contributed by atoms with Crippen molar-refractivity contribution in [1.29, 1.82) is 0 Å². The molecule has 0 N–H and O–H groups in total. The van der Waals surface area contributed by atoms with Crippen molar-refractivity contribution >= 4 is 31.9 Å². The number of alkyl halides is 1. The predicted molar refractivity (Wildman–Crippen MR) is 74.5 cm³/mol. The fourth-order valence-electron chi connectivity index (χ4n) is 2.37. The average molecular weight is 348 g/mol. The Morgan fingerprint density at radius 2 is 2.19 bits per heavy atom. The summed E-state index contributed by atoms with van der Waals surface area (Å²) in [6.45, 7) is 0. The minimum absolute atomic E-state index is 0.735. The lowest BCUT2D eigenvalue weighted by atomic mass is 9.98. The van der Waals surface area contributed by atoms with E-state index in [1.165, 1.54) is 31.2 Å². The van der Waals surface area contributed by atoms with Crippen molar-refractivity contribution in [2.45, 2.75) is 30.5 Å². The molecule has 88 valence electrons. The Morgan fingerprint density at radius 3 is 2.75 bits per heavy atom. The van der Waals surface area contributed by atoms with Crippen molar-refractivity contribution in [1.82, 2.24) is 0 Å². The fourth-order valence-corrected chi connectivity index (χ4v) is 3.75. The van der Waals surface area contributed by atoms with Crippen LogP contribution in [0.15, 0.2) is 22.7 Å². The van der Waals surface area contributed by atoms with Gasteiger partial charge in [0.25, 0.3) is 0 Å². The number of hydrogen-bond donors (Lipinski definition) is 0. The second-order valence-electron chi connectivity index (χ2n) is 4.45. The predicted octanol–water partition coefficient (Wildman–Crippen LogP) is 4.56. The molecule has 2 unspecified atom stereocenters. The third-order valence-electron chi connectivity index (χ3n) is 3.22. The molecular weight excluding hydrogens is 332 g/mol. The summed E-state index contributed by atoms with van der Waals surface area (Å²) in [7, 11) is 1.70. The lowest BCUT2D eigenvalue weighted by Gasteiger charge is -2.11. The van der Waals surface area contributed by atoms with Crippen molar-refractivity contribution in [3.05, 3.63) is 28.2 Å². The Balaban J connectivity index is 2.02. The van der Waals surface area contributed by atoms with Crippen LogP contribution >= 0.6 is 31.9 Å². The maximum Gasteiger partial charge on any atom is 0.133 e. The van der Waals surface area contributed by atoms with E-state index in [0.717, 1.165) is 21.0 Å². The Labute approximate surface area is 114 Å². The highest BCUT2D eigenvalue weighted by atomic mass is 79.9. The molecule has 0 saturated heterocycles. The van der Waals surface area contributed by atoms with Crippen molar-refractivity contribution in [3.63, 3.8) is 0 Å². The largest absolute Gasteiger partial charge is 0.496 e. The number of halogens is 2. The van der Waals surface area contributed by atoms with Gasteiger partial charge >= 0.3 is 0 Å². The first-order valence-corrected chi connectivity index (χ1v) is 7.36. The van der Waals surface area contributed by atoms with Crippen LogP contribution in [-0.2, 0) is 6.42 Å². The number of rotatable bonds is 3. The summed E-state index contributed by atoms with van der Waals surface area (Å²) >= 11 is 7.23. The zero-order chi connectivity index (χ0) is 11.5. The second kappa shape index (κ2) is 5.54. The summed E-state index contributed by atoms with van der Waals surface area (Å²) in [6.07, 6.45) is 5.16. The molecule has 1 aliphatic rings. The first-order chi connectivity index (χ1) is 7.69. The van der Waals surface area contributed by atoms with Crippen molar-refractivity contribution < 1.29 is 4.74 Å². The zero-order valence-corrected chi connectivity index (χ0v) is 12.6. The van der Waals surface area contributed by atoms with Crippen LogP contribution in [0.5, 0.6) is 5.75 Å². The molecule has 1 fully saturated rings. The van der Waals surface area contributed by atoms with Gasteiger partial charge in [0.15, 0.2) is 0 Å². The van der Waals surface area contributed by atoms with Crippen LogP contribution in [0.1, 0.15) is 24.8 Å². The quantitative estimate of drug-likeness (QED) is 0.728. The number of ether oxygens (including phenoxy) is 1. The maximum absolute atomic E-state index is 5.23. The van der Waals surface area contributed by atoms with Gasteiger partial charge < -0.3 is 4.74 Å². The van der Waals surface area contributed by atoms with Crippen molar-refractivity contribution in [3.8, 4) is 5.75 Å². The van der Waals surface area contributed by atoms with Crippen LogP contribution in [0.4, 0.5) is 0 Å². The van der Waals surface area contributed by atoms with Crippen LogP contribution in [0.25, 0.3) is 0 Å². The molecule has 2 rings (SSSR count). The van der Waals surface area contributed by atoms with Gasteiger partial charge in [0.2, 0.25) is 0 Å². The van der Waals surface area contributed by atoms with E-state index in [1.54, 1.807) is 7.11 Å². The lowest BCUT2D eigenvalue weighted by molar-refractivity contribution is 0.411. The molecule has 1 aromatic carbocycles. The molecule has 0 heterocycles. The van der Waals surface area contributed by atoms with Gasteiger partial charge in [-0.25, -0.2) is 0 Å². The molecule has 0 bridgehead atoms. The molecule has 2 atom stereocenters. The smallest absolute Gasteiger partial charge is 0.133 e. The fraction of sp³-hybridized carbons (Fsp3) is 0.538. The monoisotopic (exact) mass is 346 g/mol. The van der Waals surface area contributed by atoms with Gasteiger partial charge in [0.05, 0.1) is 11.6 Å². The molecule has 1 nitrogen and oxygen atoms in total. The second-order valence-corrected chi connectivity index (χ2v) is 6.60. The molecule has 0 aliphatic heterocycles. The van der Waals surface area contributed by atoms with Gasteiger partial charge in [-0.3, -0.25) is 0 Å². The first kappa shape index (κ1) is 12.4. The number of hydrogen-bond acceptors (Lipinski definition) is 1. The highest BCUT2D eigenvalue weighted by Crippen LogP contribution is 2.34. The van der Waals surface area contributed by atoms with E-state index in [-0.39, 0.29) is 0 Å². The highest BCUT2D eigenvalue weighted by Gasteiger charge is 2.22. The maximum atomic E-state index is 5.23. The van der Waals surface area contributed by atoms with Gasteiger partial charge in [-0.2, -0.15) is 0 Å². The summed E-state index contributed by atoms with van der Waals surface area (Å²) in [4.78, 5) is 0.735. The summed E-state index contributed by atoms with van der Waals surface area (Å²) in [5.41, 5.74) is 1.40. The molecule has 0 radical (unpaired) electrons. The summed E-state index contributed by atoms with van der Waals surface area (Å²) in [5, 5.41) is 0. The van der Waals surface area contributed by atoms with Crippen LogP contribution in [0.3, 0.4) is 0 Å². The lowest BCUT2D eigenvalue weighted by Crippen LogP contribution is -2.00. The Morgan fingerprint density at radius 1 is 1.38 bits per heavy atom. The number of methoxy groups -OCH3 is 1. The van der Waals surface area contributed by atoms with E-state index in [1.807, 2.05) is 6.07 Å². The van der Waals surface area contributed by atoms with Gasteiger partial charge in [-0.15, -0.1) is 0 Å². The summed E-state index contributed by atoms with van der Waals surface area (Å²) in [5.74, 6) is 1.75. The molecule has 0 amide bonds. The molecular formula is C13H16Br2O. The Kier molecular flexibility index (Phi) is 4.31. The van der Waals surface area contributed by atoms with Gasteiger partial charge in [-0.05, 0) is 65.2 Å². The van der Waals surface area contributed by atoms with Crippen LogP contribution < -0.4 is 4.74 Å². The first-order valence-electron chi connectivity index (χ1n) is 5.65. The molecule has 0 spiro atoms. The van der Waals surface area contributed by atoms with E-state index in [0.29, 0.717) is 0 Å². The van der Waals surface area contributed by atoms with E-state index < -0.39 is 0 Å². The summed E-state index contributed by atoms with van der Waals surface area (Å²) < 4.78 is 6.29. The van der Waals surface area contributed by atoms with E-state index in [9.17, 15) is 0 Å². The van der Waals surface area contributed by atoms with Gasteiger partial charge in [0, 0.05) is 4.83 Å². The van der Waals surface area contributed by atoms with E-state index in [2.05, 4.69) is 44.0 Å². The average Bonchev–Trinajstić information content (AvgIpc) is 2.64. The van der Waals surface area contributed by atoms with Crippen LogP contribution in [0.2, 0.25) is 0 Å². The minimum atomic E-state index is 0.735. The Bertz CT molecular complexity index is 365. The van der Waals surface area contributed by atoms with Crippen molar-refractivity contribution in [2.75, 3.05) is 7.11 Å². The minimum Gasteiger partial charge on any atom is -0.496 e. The molecule has 1 aromatic rings. The standard InChI is InChI=1S/C13H16Br2O/c1-16-13-5-3-10(8-12(13)15)6-9-2-4-11(14)7-9/h3,5,8-9,11H,2,4,6-7H2,1H3. The molecule has 1 saturated carbocycles. The van der Waals surface area contributed by atoms with Crippen LogP contribution in [0, 0.1) is 5.92 Å². The molecule has 0 aromatic heterocycles. The third kappa shape index (κ3) is 3.01. The SMILES string of the molecule is COc1ccc(CC2CCC(Br)C2)cc1Br. The van der Waals surface area contributed by atoms with Gasteiger partial charge in [-0.1, -0.05) is 22.0 Å². The summed E-state index contributed by atoms with van der Waals surface area (Å²) in [6, 6.07) is 6.39. The van der Waals surface area contributed by atoms with Crippen LogP contribution in [-0.4, -0.2) is 11.9 Å². The normalized spacial score (nSPS) is 24.7.